The number of methoxy groups -OCH3 is 1. The molecule has 1 N–H and O–H groups in total. The minimum atomic E-state index is -3.32. The Bertz CT molecular complexity index is 1250. The fourth-order valence-electron chi connectivity index (χ4n) is 3.62. The van der Waals surface area contributed by atoms with Crippen molar-refractivity contribution in [1.82, 2.24) is 4.98 Å². The summed E-state index contributed by atoms with van der Waals surface area (Å²) in [6, 6.07) is 11.1. The number of hydrogen-bond donors (Lipinski definition) is 1. The Labute approximate surface area is 232 Å². The smallest absolute Gasteiger partial charge is 0.336 e. The summed E-state index contributed by atoms with van der Waals surface area (Å²) in [6.07, 6.45) is 0.309. The summed E-state index contributed by atoms with van der Waals surface area (Å²) >= 11 is 1.21. The molecule has 1 heterocycles. The Hall–Kier alpha value is -2.82. The average molecular weight is 581 g/mol. The van der Waals surface area contributed by atoms with E-state index in [4.69, 9.17) is 23.3 Å². The molecule has 212 valence electrons. The average Bonchev–Trinajstić information content (AvgIpc) is 3.31. The first-order valence-electron chi connectivity index (χ1n) is 12.6. The van der Waals surface area contributed by atoms with E-state index in [2.05, 4.69) is 10.3 Å². The molecule has 0 bridgehead atoms. The molecule has 9 nitrogen and oxygen atoms in total. The summed E-state index contributed by atoms with van der Waals surface area (Å²) in [7, 11) is -1.74. The summed E-state index contributed by atoms with van der Waals surface area (Å²) in [6.45, 7) is 6.53. The Morgan fingerprint density at radius 2 is 1.79 bits per heavy atom. The van der Waals surface area contributed by atoms with E-state index in [1.165, 1.54) is 23.5 Å². The maximum atomic E-state index is 13.2. The van der Waals surface area contributed by atoms with Gasteiger partial charge in [-0.25, -0.2) is 9.37 Å². The number of rotatable bonds is 16. The van der Waals surface area contributed by atoms with Crippen LogP contribution in [0.25, 0.3) is 0 Å². The molecule has 12 heteroatoms. The van der Waals surface area contributed by atoms with Crippen molar-refractivity contribution >= 4 is 30.0 Å². The minimum absolute atomic E-state index is 0.00775. The number of ether oxygens (including phenoxy) is 3. The van der Waals surface area contributed by atoms with Gasteiger partial charge < -0.3 is 23.3 Å². The van der Waals surface area contributed by atoms with Gasteiger partial charge in [0.15, 0.2) is 5.13 Å². The minimum Gasteiger partial charge on any atom is -0.493 e. The van der Waals surface area contributed by atoms with Crippen molar-refractivity contribution in [3.05, 3.63) is 70.5 Å². The first-order chi connectivity index (χ1) is 18.7. The first kappa shape index (κ1) is 30.7. The number of nitrogens with zero attached hydrogens (tertiary/aromatic N) is 1. The van der Waals surface area contributed by atoms with E-state index in [1.54, 1.807) is 56.7 Å². The molecule has 0 spiro atoms. The summed E-state index contributed by atoms with van der Waals surface area (Å²) in [5.74, 6) is 0.175. The zero-order chi connectivity index (χ0) is 28.3. The van der Waals surface area contributed by atoms with E-state index in [0.717, 1.165) is 5.56 Å². The highest BCUT2D eigenvalue weighted by Crippen LogP contribution is 2.51. The van der Waals surface area contributed by atoms with Gasteiger partial charge in [-0.05, 0) is 50.6 Å². The monoisotopic (exact) mass is 580 g/mol. The highest BCUT2D eigenvalue weighted by Gasteiger charge is 2.26. The van der Waals surface area contributed by atoms with Crippen LogP contribution in [0.1, 0.15) is 42.4 Å². The van der Waals surface area contributed by atoms with Gasteiger partial charge in [0.1, 0.15) is 23.4 Å². The van der Waals surface area contributed by atoms with Crippen molar-refractivity contribution in [2.45, 2.75) is 39.5 Å². The van der Waals surface area contributed by atoms with E-state index in [0.29, 0.717) is 47.5 Å². The lowest BCUT2D eigenvalue weighted by Crippen LogP contribution is -2.19. The standard InChI is InChI=1S/C27H34FN2O7PS/c1-5-35-38(32,36-6-2)17-23-18-39-27(29-23)30-26(31)21-13-24(15-25(14-21)37-19(3)16-33-4)34-12-11-20-7-9-22(28)10-8-20/h7-10,13-15,18-19H,5-6,11-12,16-17H2,1-4H3,(H,29,30,31)/t19-/m0/s1. The third kappa shape index (κ3) is 10.0. The van der Waals surface area contributed by atoms with Crippen LogP contribution >= 0.6 is 18.9 Å². The number of thiazole rings is 1. The zero-order valence-corrected chi connectivity index (χ0v) is 24.2. The third-order valence-corrected chi connectivity index (χ3v) is 8.05. The predicted molar refractivity (Wildman–Crippen MR) is 149 cm³/mol. The van der Waals surface area contributed by atoms with Crippen LogP contribution in [0, 0.1) is 5.82 Å². The van der Waals surface area contributed by atoms with Crippen molar-refractivity contribution in [3.8, 4) is 11.5 Å². The maximum Gasteiger partial charge on any atom is 0.336 e. The first-order valence-corrected chi connectivity index (χ1v) is 15.2. The summed E-state index contributed by atoms with van der Waals surface area (Å²) < 4.78 is 53.6. The van der Waals surface area contributed by atoms with Gasteiger partial charge in [0.05, 0.1) is 38.3 Å². The summed E-state index contributed by atoms with van der Waals surface area (Å²) in [5.41, 5.74) is 1.73. The van der Waals surface area contributed by atoms with Crippen molar-refractivity contribution in [1.29, 1.82) is 0 Å². The van der Waals surface area contributed by atoms with Gasteiger partial charge in [0, 0.05) is 30.5 Å². The molecule has 1 amide bonds. The molecule has 0 aliphatic carbocycles. The van der Waals surface area contributed by atoms with Gasteiger partial charge in [-0.1, -0.05) is 12.1 Å². The fourth-order valence-corrected chi connectivity index (χ4v) is 6.05. The normalized spacial score (nSPS) is 12.2. The van der Waals surface area contributed by atoms with Gasteiger partial charge in [-0.15, -0.1) is 11.3 Å². The molecular formula is C27H34FN2O7PS. The number of hydrogen-bond acceptors (Lipinski definition) is 9. The molecule has 0 saturated heterocycles. The van der Waals surface area contributed by atoms with E-state index in [-0.39, 0.29) is 31.3 Å². The molecule has 39 heavy (non-hydrogen) atoms. The fraction of sp³-hybridized carbons (Fsp3) is 0.407. The van der Waals surface area contributed by atoms with Crippen LogP contribution in [0.2, 0.25) is 0 Å². The second-order valence-electron chi connectivity index (χ2n) is 8.50. The number of carbonyl (C=O) groups excluding carboxylic acids is 1. The Kier molecular flexibility index (Phi) is 11.9. The van der Waals surface area contributed by atoms with Crippen LogP contribution in [0.3, 0.4) is 0 Å². The van der Waals surface area contributed by atoms with Crippen molar-refractivity contribution in [2.75, 3.05) is 38.9 Å². The molecule has 0 fully saturated rings. The van der Waals surface area contributed by atoms with E-state index < -0.39 is 13.5 Å². The van der Waals surface area contributed by atoms with Crippen LogP contribution in [0.15, 0.2) is 47.8 Å². The van der Waals surface area contributed by atoms with Gasteiger partial charge in [-0.2, -0.15) is 0 Å². The molecule has 0 unspecified atom stereocenters. The Balaban J connectivity index is 1.72. The highest BCUT2D eigenvalue weighted by molar-refractivity contribution is 7.53. The van der Waals surface area contributed by atoms with Crippen LogP contribution in [0.5, 0.6) is 11.5 Å². The number of nitrogens with one attached hydrogen (secondary N) is 1. The van der Waals surface area contributed by atoms with Crippen LogP contribution in [-0.2, 0) is 30.9 Å². The van der Waals surface area contributed by atoms with Gasteiger partial charge in [0.2, 0.25) is 0 Å². The summed E-state index contributed by atoms with van der Waals surface area (Å²) in [4.78, 5) is 17.5. The SMILES string of the molecule is CCOP(=O)(Cc1csc(NC(=O)c2cc(OCCc3ccc(F)cc3)cc(O[C@@H](C)COC)c2)n1)OCC. The predicted octanol–water partition coefficient (Wildman–Crippen LogP) is 6.34. The largest absolute Gasteiger partial charge is 0.493 e. The van der Waals surface area contributed by atoms with Crippen molar-refractivity contribution < 1.29 is 37.0 Å². The maximum absolute atomic E-state index is 13.2. The van der Waals surface area contributed by atoms with E-state index in [9.17, 15) is 13.8 Å². The second-order valence-corrected chi connectivity index (χ2v) is 11.4. The van der Waals surface area contributed by atoms with Crippen LogP contribution in [0.4, 0.5) is 9.52 Å². The highest BCUT2D eigenvalue weighted by atomic mass is 32.1. The molecule has 3 aromatic rings. The molecule has 0 saturated carbocycles. The molecule has 2 aromatic carbocycles. The molecule has 0 aliphatic heterocycles. The van der Waals surface area contributed by atoms with Gasteiger partial charge in [0.25, 0.3) is 5.91 Å². The van der Waals surface area contributed by atoms with E-state index >= 15 is 0 Å². The molecule has 3 rings (SSSR count). The van der Waals surface area contributed by atoms with Crippen molar-refractivity contribution in [2.24, 2.45) is 0 Å². The van der Waals surface area contributed by atoms with E-state index in [1.807, 2.05) is 6.92 Å². The van der Waals surface area contributed by atoms with Crippen molar-refractivity contribution in [3.63, 3.8) is 0 Å². The number of anilines is 1. The zero-order valence-electron chi connectivity index (χ0n) is 22.5. The third-order valence-electron chi connectivity index (χ3n) is 5.23. The number of aromatic nitrogens is 1. The molecule has 1 atom stereocenters. The molecule has 1 aromatic heterocycles. The Morgan fingerprint density at radius 3 is 2.46 bits per heavy atom. The lowest BCUT2D eigenvalue weighted by Gasteiger charge is -2.16. The number of carbonyl (C=O) groups is 1. The lowest BCUT2D eigenvalue weighted by molar-refractivity contribution is 0.0914. The summed E-state index contributed by atoms with van der Waals surface area (Å²) in [5, 5.41) is 4.82. The molecule has 0 aliphatic rings. The number of benzene rings is 2. The molecular weight excluding hydrogens is 546 g/mol. The lowest BCUT2D eigenvalue weighted by atomic mass is 10.1. The second kappa shape index (κ2) is 15.1. The number of amides is 1. The topological polar surface area (TPSA) is 105 Å². The Morgan fingerprint density at radius 1 is 1.10 bits per heavy atom. The van der Waals surface area contributed by atoms with Gasteiger partial charge >= 0.3 is 7.60 Å². The number of halogens is 1. The van der Waals surface area contributed by atoms with Crippen LogP contribution < -0.4 is 14.8 Å². The molecule has 0 radical (unpaired) electrons. The van der Waals surface area contributed by atoms with Crippen LogP contribution in [-0.4, -0.2) is 50.5 Å². The quantitative estimate of drug-likeness (QED) is 0.196. The van der Waals surface area contributed by atoms with Gasteiger partial charge in [-0.3, -0.25) is 14.7 Å².